The van der Waals surface area contributed by atoms with E-state index in [0.29, 0.717) is 16.8 Å². The maximum atomic E-state index is 13.6. The highest BCUT2D eigenvalue weighted by Crippen LogP contribution is 2.24. The van der Waals surface area contributed by atoms with Crippen molar-refractivity contribution < 1.29 is 23.1 Å². The van der Waals surface area contributed by atoms with Crippen molar-refractivity contribution in [1.29, 1.82) is 0 Å². The van der Waals surface area contributed by atoms with Crippen molar-refractivity contribution in [2.75, 3.05) is 11.9 Å². The highest BCUT2D eigenvalue weighted by molar-refractivity contribution is 5.94. The van der Waals surface area contributed by atoms with Crippen molar-refractivity contribution in [3.63, 3.8) is 0 Å². The molecule has 0 unspecified atom stereocenters. The standard InChI is InChI=1S/C22H27F2N5O3/c1-12(2)19(30)29-21-27-15(6)8-17(28-21)20(31)26-10-16-9-25-18(7-14(16)5)32-11-22(23,24)13(3)4/h7-9,12H,3,10-11H2,1-2,4-6H3,(H,26,31)(H,27,28,29,30). The Balaban J connectivity index is 2.03. The lowest BCUT2D eigenvalue weighted by Gasteiger charge is -2.17. The van der Waals surface area contributed by atoms with Gasteiger partial charge in [0.25, 0.3) is 5.91 Å². The molecule has 0 radical (unpaired) electrons. The Kier molecular flexibility index (Phi) is 7.96. The van der Waals surface area contributed by atoms with E-state index in [0.717, 1.165) is 0 Å². The number of pyridine rings is 1. The number of halogens is 2. The first-order valence-corrected chi connectivity index (χ1v) is 9.96. The Hall–Kier alpha value is -3.43. The molecule has 10 heteroatoms. The average Bonchev–Trinajstić information content (AvgIpc) is 2.70. The second-order valence-corrected chi connectivity index (χ2v) is 7.77. The molecule has 0 aliphatic carbocycles. The molecule has 2 heterocycles. The molecule has 0 saturated carbocycles. The van der Waals surface area contributed by atoms with E-state index in [1.807, 2.05) is 0 Å². The van der Waals surface area contributed by atoms with Crippen molar-refractivity contribution in [2.45, 2.75) is 47.1 Å². The minimum Gasteiger partial charge on any atom is -0.471 e. The van der Waals surface area contributed by atoms with Gasteiger partial charge in [0, 0.05) is 30.4 Å². The van der Waals surface area contributed by atoms with Crippen LogP contribution in [0.25, 0.3) is 0 Å². The van der Waals surface area contributed by atoms with Gasteiger partial charge in [-0.25, -0.2) is 15.0 Å². The molecule has 2 N–H and O–H groups in total. The number of hydrogen-bond donors (Lipinski definition) is 2. The third-order valence-corrected chi connectivity index (χ3v) is 4.51. The Morgan fingerprint density at radius 3 is 2.50 bits per heavy atom. The number of nitrogens with zero attached hydrogens (tertiary/aromatic N) is 3. The van der Waals surface area contributed by atoms with Gasteiger partial charge >= 0.3 is 5.92 Å². The summed E-state index contributed by atoms with van der Waals surface area (Å²) in [6.45, 7) is 10.7. The summed E-state index contributed by atoms with van der Waals surface area (Å²) in [6, 6.07) is 3.02. The molecule has 0 aliphatic rings. The van der Waals surface area contributed by atoms with Gasteiger partial charge in [-0.3, -0.25) is 14.9 Å². The van der Waals surface area contributed by atoms with Crippen molar-refractivity contribution in [2.24, 2.45) is 5.92 Å². The molecule has 8 nitrogen and oxygen atoms in total. The van der Waals surface area contributed by atoms with Crippen LogP contribution in [-0.4, -0.2) is 39.3 Å². The number of carbonyl (C=O) groups is 2. The zero-order valence-corrected chi connectivity index (χ0v) is 18.8. The van der Waals surface area contributed by atoms with Crippen LogP contribution in [0.2, 0.25) is 0 Å². The predicted octanol–water partition coefficient (Wildman–Crippen LogP) is 3.60. The molecule has 2 aromatic heterocycles. The summed E-state index contributed by atoms with van der Waals surface area (Å²) in [5.41, 5.74) is 1.72. The van der Waals surface area contributed by atoms with Crippen LogP contribution in [0.5, 0.6) is 5.88 Å². The zero-order valence-electron chi connectivity index (χ0n) is 18.8. The summed E-state index contributed by atoms with van der Waals surface area (Å²) in [4.78, 5) is 36.6. The lowest BCUT2D eigenvalue weighted by Crippen LogP contribution is -2.27. The number of alkyl halides is 2. The largest absolute Gasteiger partial charge is 0.471 e. The van der Waals surface area contributed by atoms with Gasteiger partial charge in [0.15, 0.2) is 6.61 Å². The van der Waals surface area contributed by atoms with Crippen LogP contribution < -0.4 is 15.4 Å². The highest BCUT2D eigenvalue weighted by Gasteiger charge is 2.31. The van der Waals surface area contributed by atoms with Crippen molar-refractivity contribution in [1.82, 2.24) is 20.3 Å². The summed E-state index contributed by atoms with van der Waals surface area (Å²) in [6.07, 6.45) is 1.45. The molecule has 0 spiro atoms. The number of anilines is 1. The van der Waals surface area contributed by atoms with Crippen LogP contribution in [0.1, 0.15) is 48.1 Å². The zero-order chi connectivity index (χ0) is 24.1. The van der Waals surface area contributed by atoms with E-state index in [1.165, 1.54) is 25.3 Å². The number of amides is 2. The van der Waals surface area contributed by atoms with E-state index >= 15 is 0 Å². The molecule has 2 rings (SSSR count). The molecule has 0 aliphatic heterocycles. The SMILES string of the molecule is C=C(C)C(F)(F)COc1cc(C)c(CNC(=O)c2cc(C)nc(NC(=O)C(C)C)n2)cn1. The summed E-state index contributed by atoms with van der Waals surface area (Å²) < 4.78 is 32.3. The molecule has 172 valence electrons. The molecule has 0 fully saturated rings. The number of aryl methyl sites for hydroxylation is 2. The fourth-order valence-electron chi connectivity index (χ4n) is 2.37. The number of hydrogen-bond acceptors (Lipinski definition) is 6. The molecule has 0 atom stereocenters. The molecule has 32 heavy (non-hydrogen) atoms. The van der Waals surface area contributed by atoms with E-state index in [4.69, 9.17) is 4.74 Å². The predicted molar refractivity (Wildman–Crippen MR) is 116 cm³/mol. The van der Waals surface area contributed by atoms with Gasteiger partial charge in [0.2, 0.25) is 17.7 Å². The summed E-state index contributed by atoms with van der Waals surface area (Å²) in [5.74, 6) is -4.02. The smallest absolute Gasteiger partial charge is 0.302 e. The summed E-state index contributed by atoms with van der Waals surface area (Å²) in [7, 11) is 0. The van der Waals surface area contributed by atoms with E-state index in [9.17, 15) is 18.4 Å². The first-order valence-electron chi connectivity index (χ1n) is 9.96. The van der Waals surface area contributed by atoms with Gasteiger partial charge < -0.3 is 10.1 Å². The monoisotopic (exact) mass is 447 g/mol. The van der Waals surface area contributed by atoms with Crippen molar-refractivity contribution >= 4 is 17.8 Å². The quantitative estimate of drug-likeness (QED) is 0.569. The van der Waals surface area contributed by atoms with Gasteiger partial charge in [-0.1, -0.05) is 20.4 Å². The molecule has 2 aromatic rings. The van der Waals surface area contributed by atoms with Crippen LogP contribution in [0.4, 0.5) is 14.7 Å². The van der Waals surface area contributed by atoms with Gasteiger partial charge in [-0.2, -0.15) is 8.78 Å². The lowest BCUT2D eigenvalue weighted by molar-refractivity contribution is -0.118. The average molecular weight is 447 g/mol. The van der Waals surface area contributed by atoms with Gasteiger partial charge in [-0.05, 0) is 43.5 Å². The molecule has 0 aromatic carbocycles. The number of nitrogens with one attached hydrogen (secondary N) is 2. The van der Waals surface area contributed by atoms with E-state index < -0.39 is 18.4 Å². The lowest BCUT2D eigenvalue weighted by atomic mass is 10.1. The topological polar surface area (TPSA) is 106 Å². The molecule has 0 bridgehead atoms. The van der Waals surface area contributed by atoms with E-state index in [2.05, 4.69) is 32.2 Å². The van der Waals surface area contributed by atoms with Crippen LogP contribution in [0.3, 0.4) is 0 Å². The summed E-state index contributed by atoms with van der Waals surface area (Å²) >= 11 is 0. The molecular weight excluding hydrogens is 420 g/mol. The number of rotatable bonds is 9. The maximum Gasteiger partial charge on any atom is 0.302 e. The maximum absolute atomic E-state index is 13.6. The minimum atomic E-state index is -3.15. The normalized spacial score (nSPS) is 11.2. The van der Waals surface area contributed by atoms with Crippen molar-refractivity contribution in [3.8, 4) is 5.88 Å². The second kappa shape index (κ2) is 10.3. The number of carbonyl (C=O) groups excluding carboxylic acids is 2. The highest BCUT2D eigenvalue weighted by atomic mass is 19.3. The Morgan fingerprint density at radius 1 is 1.22 bits per heavy atom. The number of aromatic nitrogens is 3. The van der Waals surface area contributed by atoms with Crippen LogP contribution in [0.15, 0.2) is 30.5 Å². The molecule has 0 saturated heterocycles. The first-order chi connectivity index (χ1) is 14.9. The minimum absolute atomic E-state index is 0.0514. The van der Waals surface area contributed by atoms with Crippen LogP contribution in [-0.2, 0) is 11.3 Å². The molecular formula is C22H27F2N5O3. The summed E-state index contributed by atoms with van der Waals surface area (Å²) in [5, 5.41) is 5.30. The van der Waals surface area contributed by atoms with Crippen molar-refractivity contribution in [3.05, 3.63) is 53.0 Å². The van der Waals surface area contributed by atoms with Crippen LogP contribution in [0, 0.1) is 19.8 Å². The van der Waals surface area contributed by atoms with Gasteiger partial charge in [-0.15, -0.1) is 0 Å². The Morgan fingerprint density at radius 2 is 1.91 bits per heavy atom. The first kappa shape index (κ1) is 24.8. The Labute approximate surface area is 185 Å². The van der Waals surface area contributed by atoms with Gasteiger partial charge in [0.05, 0.1) is 0 Å². The Bertz CT molecular complexity index is 1020. The van der Waals surface area contributed by atoms with Gasteiger partial charge in [0.1, 0.15) is 5.69 Å². The van der Waals surface area contributed by atoms with E-state index in [1.54, 1.807) is 27.7 Å². The fraction of sp³-hybridized carbons (Fsp3) is 0.409. The van der Waals surface area contributed by atoms with Crippen LogP contribution >= 0.6 is 0 Å². The second-order valence-electron chi connectivity index (χ2n) is 7.77. The third kappa shape index (κ3) is 6.79. The fourth-order valence-corrected chi connectivity index (χ4v) is 2.37. The number of ether oxygens (including phenoxy) is 1. The third-order valence-electron chi connectivity index (χ3n) is 4.51. The molecule has 2 amide bonds. The van der Waals surface area contributed by atoms with E-state index in [-0.39, 0.29) is 41.5 Å².